The average Bonchev–Trinajstić information content (AvgIpc) is 3.67. The molecule has 6 fully saturated rings. The van der Waals surface area contributed by atoms with E-state index in [2.05, 4.69) is 38.0 Å². The van der Waals surface area contributed by atoms with E-state index in [4.69, 9.17) is 14.5 Å². The molecule has 242 valence electrons. The Morgan fingerprint density at radius 3 is 2.54 bits per heavy atom. The van der Waals surface area contributed by atoms with Gasteiger partial charge in [-0.3, -0.25) is 14.6 Å². The molecule has 6 aliphatic heterocycles. The zero-order valence-electron chi connectivity index (χ0n) is 26.8. The molecule has 4 atom stereocenters. The Bertz CT molecular complexity index is 1590. The van der Waals surface area contributed by atoms with Crippen LogP contribution in [-0.2, 0) is 9.53 Å². The number of likely N-dealkylation sites (tertiary alicyclic amines) is 2. The molecule has 0 N–H and O–H groups in total. The fourth-order valence-electron chi connectivity index (χ4n) is 8.47. The summed E-state index contributed by atoms with van der Waals surface area (Å²) in [6, 6.07) is 9.70. The lowest BCUT2D eigenvalue weighted by Gasteiger charge is -2.57. The number of nitrogens with zero attached hydrogens (tertiary/aromatic N) is 8. The molecule has 6 aliphatic rings. The van der Waals surface area contributed by atoms with Crippen LogP contribution in [0.1, 0.15) is 51.0 Å². The first-order valence-electron chi connectivity index (χ1n) is 17.2. The number of rotatable bonds is 9. The number of carbonyl (C=O) groups is 1. The number of pyridine rings is 2. The molecule has 0 saturated carbocycles. The molecule has 0 radical (unpaired) electrons. The third-order valence-electron chi connectivity index (χ3n) is 11.0. The highest BCUT2D eigenvalue weighted by Crippen LogP contribution is 2.37. The number of fused-ring (bicyclic) bond motifs is 5. The van der Waals surface area contributed by atoms with E-state index in [1.165, 1.54) is 19.3 Å². The summed E-state index contributed by atoms with van der Waals surface area (Å²) in [7, 11) is 0. The van der Waals surface area contributed by atoms with Crippen molar-refractivity contribution < 1.29 is 14.3 Å². The van der Waals surface area contributed by atoms with Crippen LogP contribution >= 0.6 is 0 Å². The summed E-state index contributed by atoms with van der Waals surface area (Å²) in [5.74, 6) is 2.63. The SMILES string of the molecule is CC(=O)N1CCC(CN2C3CC2CN(c2ccc(-c4cc(OCCCN5CC6CCC(C5)O6)cn5ncc(C#N)c45)cn2)C3)CC1. The zero-order valence-corrected chi connectivity index (χ0v) is 26.8. The second-order valence-electron chi connectivity index (χ2n) is 14.0. The van der Waals surface area contributed by atoms with E-state index < -0.39 is 0 Å². The number of ether oxygens (including phenoxy) is 2. The van der Waals surface area contributed by atoms with Gasteiger partial charge in [0.15, 0.2) is 0 Å². The predicted molar refractivity (Wildman–Crippen MR) is 174 cm³/mol. The maximum Gasteiger partial charge on any atom is 0.219 e. The van der Waals surface area contributed by atoms with Crippen LogP contribution in [0.15, 0.2) is 36.8 Å². The normalized spacial score (nSPS) is 26.7. The highest BCUT2D eigenvalue weighted by Gasteiger charge is 2.45. The minimum absolute atomic E-state index is 0.205. The molecule has 0 spiro atoms. The topological polar surface area (TPSA) is 102 Å². The smallest absolute Gasteiger partial charge is 0.219 e. The van der Waals surface area contributed by atoms with Gasteiger partial charge in [-0.2, -0.15) is 10.4 Å². The summed E-state index contributed by atoms with van der Waals surface area (Å²) < 4.78 is 14.0. The van der Waals surface area contributed by atoms with Crippen LogP contribution in [0.25, 0.3) is 16.6 Å². The minimum Gasteiger partial charge on any atom is -0.492 e. The van der Waals surface area contributed by atoms with Crippen LogP contribution in [0, 0.1) is 17.2 Å². The van der Waals surface area contributed by atoms with E-state index in [9.17, 15) is 10.1 Å². The lowest BCUT2D eigenvalue weighted by atomic mass is 9.84. The number of piperazine rings is 1. The van der Waals surface area contributed by atoms with Gasteiger partial charge in [0.1, 0.15) is 17.6 Å². The van der Waals surface area contributed by atoms with Gasteiger partial charge in [-0.25, -0.2) is 9.50 Å². The van der Waals surface area contributed by atoms with Crippen LogP contribution in [0.3, 0.4) is 0 Å². The summed E-state index contributed by atoms with van der Waals surface area (Å²) in [5, 5.41) is 14.3. The Morgan fingerprint density at radius 1 is 1.07 bits per heavy atom. The van der Waals surface area contributed by atoms with Crippen LogP contribution in [0.4, 0.5) is 5.82 Å². The molecular formula is C35H44N8O3. The summed E-state index contributed by atoms with van der Waals surface area (Å²) in [6.07, 6.45) is 13.0. The third-order valence-corrected chi connectivity index (χ3v) is 11.0. The van der Waals surface area contributed by atoms with Crippen molar-refractivity contribution in [3.63, 3.8) is 0 Å². The van der Waals surface area contributed by atoms with Crippen molar-refractivity contribution in [2.75, 3.05) is 63.9 Å². The van der Waals surface area contributed by atoms with Gasteiger partial charge in [0.25, 0.3) is 0 Å². The Kier molecular flexibility index (Phi) is 8.04. The van der Waals surface area contributed by atoms with Gasteiger partial charge in [-0.1, -0.05) is 0 Å². The van der Waals surface area contributed by atoms with Gasteiger partial charge in [-0.05, 0) is 62.6 Å². The fraction of sp³-hybridized carbons (Fsp3) is 0.600. The maximum absolute atomic E-state index is 11.7. The van der Waals surface area contributed by atoms with Crippen molar-refractivity contribution in [2.24, 2.45) is 5.92 Å². The first kappa shape index (κ1) is 29.7. The molecule has 4 bridgehead atoms. The number of nitriles is 1. The van der Waals surface area contributed by atoms with E-state index in [0.29, 0.717) is 42.4 Å². The first-order valence-corrected chi connectivity index (χ1v) is 17.2. The monoisotopic (exact) mass is 624 g/mol. The Morgan fingerprint density at radius 2 is 1.85 bits per heavy atom. The number of hydrogen-bond acceptors (Lipinski definition) is 9. The van der Waals surface area contributed by atoms with E-state index in [1.807, 2.05) is 23.4 Å². The number of morpholine rings is 1. The van der Waals surface area contributed by atoms with Crippen LogP contribution < -0.4 is 9.64 Å². The second kappa shape index (κ2) is 12.5. The number of anilines is 1. The van der Waals surface area contributed by atoms with Crippen LogP contribution in [0.5, 0.6) is 5.75 Å². The molecular weight excluding hydrogens is 580 g/mol. The van der Waals surface area contributed by atoms with E-state index in [0.717, 1.165) is 99.8 Å². The lowest BCUT2D eigenvalue weighted by molar-refractivity contribution is -0.130. The molecule has 3 aromatic heterocycles. The van der Waals surface area contributed by atoms with Gasteiger partial charge in [-0.15, -0.1) is 0 Å². The fourth-order valence-corrected chi connectivity index (χ4v) is 8.47. The number of carbonyl (C=O) groups excluding carboxylic acids is 1. The molecule has 0 aliphatic carbocycles. The lowest BCUT2D eigenvalue weighted by Crippen LogP contribution is -2.69. The number of piperidine rings is 2. The molecule has 3 aromatic rings. The Hall–Kier alpha value is -3.72. The van der Waals surface area contributed by atoms with Gasteiger partial charge >= 0.3 is 0 Å². The molecule has 6 saturated heterocycles. The molecule has 4 unspecified atom stereocenters. The number of amides is 1. The van der Waals surface area contributed by atoms with Crippen LogP contribution in [-0.4, -0.2) is 118 Å². The summed E-state index contributed by atoms with van der Waals surface area (Å²) in [5.41, 5.74) is 3.16. The highest BCUT2D eigenvalue weighted by molar-refractivity contribution is 5.85. The van der Waals surface area contributed by atoms with Crippen molar-refractivity contribution in [3.05, 3.63) is 42.4 Å². The van der Waals surface area contributed by atoms with Crippen molar-refractivity contribution in [3.8, 4) is 22.9 Å². The minimum atomic E-state index is 0.205. The number of aromatic nitrogens is 3. The predicted octanol–water partition coefficient (Wildman–Crippen LogP) is 3.42. The molecule has 46 heavy (non-hydrogen) atoms. The van der Waals surface area contributed by atoms with Gasteiger partial charge < -0.3 is 19.3 Å². The largest absolute Gasteiger partial charge is 0.492 e. The van der Waals surface area contributed by atoms with Gasteiger partial charge in [0.05, 0.1) is 42.3 Å². The molecule has 9 heterocycles. The second-order valence-corrected chi connectivity index (χ2v) is 14.0. The van der Waals surface area contributed by atoms with Crippen molar-refractivity contribution in [2.45, 2.75) is 69.7 Å². The van der Waals surface area contributed by atoms with Gasteiger partial charge in [0, 0.05) is 88.7 Å². The highest BCUT2D eigenvalue weighted by atomic mass is 16.5. The Balaban J connectivity index is 0.905. The average molecular weight is 625 g/mol. The number of hydrogen-bond donors (Lipinski definition) is 0. The molecule has 9 rings (SSSR count). The third kappa shape index (κ3) is 5.83. The molecule has 1 amide bonds. The quantitative estimate of drug-likeness (QED) is 0.332. The van der Waals surface area contributed by atoms with Crippen molar-refractivity contribution in [1.82, 2.24) is 29.3 Å². The standard InChI is InChI=1S/C35H44N8O3/c1-24(44)40-10-7-25(8-11-40)18-42-28-13-29(42)20-41(19-28)34-6-3-26(16-37-34)33-14-32(23-43-35(33)27(15-36)17-38-43)45-12-2-9-39-21-30-4-5-31(22-39)46-30/h3,6,14,16-17,23,25,28-31H,2,4-5,7-13,18-22H2,1H3. The zero-order chi connectivity index (χ0) is 31.2. The summed E-state index contributed by atoms with van der Waals surface area (Å²) in [4.78, 5) is 26.2. The van der Waals surface area contributed by atoms with Crippen LogP contribution in [0.2, 0.25) is 0 Å². The van der Waals surface area contributed by atoms with Gasteiger partial charge in [0.2, 0.25) is 5.91 Å². The van der Waals surface area contributed by atoms with E-state index in [-0.39, 0.29) is 5.91 Å². The van der Waals surface area contributed by atoms with Crippen molar-refractivity contribution >= 4 is 17.2 Å². The van der Waals surface area contributed by atoms with E-state index >= 15 is 0 Å². The molecule has 0 aromatic carbocycles. The summed E-state index contributed by atoms with van der Waals surface area (Å²) in [6.45, 7) is 10.3. The Labute approximate surface area is 270 Å². The first-order chi connectivity index (χ1) is 22.5. The molecule has 11 nitrogen and oxygen atoms in total. The van der Waals surface area contributed by atoms with Crippen molar-refractivity contribution in [1.29, 1.82) is 5.26 Å². The maximum atomic E-state index is 11.7. The van der Waals surface area contributed by atoms with E-state index in [1.54, 1.807) is 17.6 Å². The summed E-state index contributed by atoms with van der Waals surface area (Å²) >= 11 is 0. The molecule has 11 heteroatoms.